The number of ether oxygens (including phenoxy) is 1. The third-order valence-electron chi connectivity index (χ3n) is 4.86. The SMILES string of the molecule is COc1ccc(/C=C2/SC(=O)N(CCNC(=O)CCNC(=O)c3cccc(C)c3)C2=O)cc1. The molecule has 2 aromatic rings. The van der Waals surface area contributed by atoms with Gasteiger partial charge in [0.25, 0.3) is 17.1 Å². The monoisotopic (exact) mass is 467 g/mol. The van der Waals surface area contributed by atoms with Crippen molar-refractivity contribution >= 4 is 40.8 Å². The van der Waals surface area contributed by atoms with E-state index in [2.05, 4.69) is 10.6 Å². The van der Waals surface area contributed by atoms with Crippen LogP contribution in [0.3, 0.4) is 0 Å². The summed E-state index contributed by atoms with van der Waals surface area (Å²) in [6.45, 7) is 2.30. The van der Waals surface area contributed by atoms with E-state index in [1.165, 1.54) is 0 Å². The van der Waals surface area contributed by atoms with Crippen molar-refractivity contribution < 1.29 is 23.9 Å². The fourth-order valence-electron chi connectivity index (χ4n) is 3.12. The molecule has 1 fully saturated rings. The molecule has 1 aliphatic rings. The van der Waals surface area contributed by atoms with Crippen molar-refractivity contribution in [3.63, 3.8) is 0 Å². The van der Waals surface area contributed by atoms with E-state index in [1.807, 2.05) is 13.0 Å². The van der Waals surface area contributed by atoms with Gasteiger partial charge < -0.3 is 15.4 Å². The zero-order valence-corrected chi connectivity index (χ0v) is 19.2. The Labute approximate surface area is 196 Å². The molecule has 0 aromatic heterocycles. The Morgan fingerprint density at radius 1 is 1.06 bits per heavy atom. The first-order valence-electron chi connectivity index (χ1n) is 10.4. The lowest BCUT2D eigenvalue weighted by Gasteiger charge is -2.13. The lowest BCUT2D eigenvalue weighted by molar-refractivity contribution is -0.124. The van der Waals surface area contributed by atoms with Crippen molar-refractivity contribution in [3.05, 3.63) is 70.1 Å². The minimum absolute atomic E-state index is 0.0754. The van der Waals surface area contributed by atoms with Crippen LogP contribution in [0.15, 0.2) is 53.4 Å². The predicted octanol–water partition coefficient (Wildman–Crippen LogP) is 2.98. The number of carbonyl (C=O) groups is 4. The molecule has 2 aromatic carbocycles. The van der Waals surface area contributed by atoms with Crippen LogP contribution in [0.5, 0.6) is 5.75 Å². The van der Waals surface area contributed by atoms with Gasteiger partial charge in [-0.05, 0) is 54.6 Å². The van der Waals surface area contributed by atoms with Gasteiger partial charge in [-0.15, -0.1) is 0 Å². The zero-order valence-electron chi connectivity index (χ0n) is 18.4. The summed E-state index contributed by atoms with van der Waals surface area (Å²) in [6.07, 6.45) is 1.75. The molecule has 1 aliphatic heterocycles. The Morgan fingerprint density at radius 3 is 2.52 bits per heavy atom. The number of thioether (sulfide) groups is 1. The highest BCUT2D eigenvalue weighted by atomic mass is 32.2. The summed E-state index contributed by atoms with van der Waals surface area (Å²) in [7, 11) is 1.57. The minimum atomic E-state index is -0.388. The molecule has 1 heterocycles. The molecule has 0 atom stereocenters. The Balaban J connectivity index is 1.41. The summed E-state index contributed by atoms with van der Waals surface area (Å²) in [5, 5.41) is 5.00. The molecule has 0 unspecified atom stereocenters. The van der Waals surface area contributed by atoms with Crippen molar-refractivity contribution in [1.29, 1.82) is 0 Å². The average molecular weight is 468 g/mol. The first kappa shape index (κ1) is 24.1. The molecular weight excluding hydrogens is 442 g/mol. The highest BCUT2D eigenvalue weighted by Crippen LogP contribution is 2.32. The van der Waals surface area contributed by atoms with Gasteiger partial charge in [0.1, 0.15) is 5.75 Å². The second-order valence-corrected chi connectivity index (χ2v) is 8.33. The molecule has 3 rings (SSSR count). The van der Waals surface area contributed by atoms with Crippen LogP contribution in [0, 0.1) is 6.92 Å². The number of hydrogen-bond acceptors (Lipinski definition) is 6. The molecule has 172 valence electrons. The third kappa shape index (κ3) is 6.69. The smallest absolute Gasteiger partial charge is 0.293 e. The van der Waals surface area contributed by atoms with Crippen molar-refractivity contribution in [3.8, 4) is 5.75 Å². The number of aryl methyl sites for hydroxylation is 1. The lowest BCUT2D eigenvalue weighted by Crippen LogP contribution is -2.38. The number of rotatable bonds is 9. The van der Waals surface area contributed by atoms with Gasteiger partial charge in [-0.25, -0.2) is 0 Å². The van der Waals surface area contributed by atoms with Gasteiger partial charge in [0.2, 0.25) is 5.91 Å². The maximum absolute atomic E-state index is 12.6. The fourth-order valence-corrected chi connectivity index (χ4v) is 3.98. The van der Waals surface area contributed by atoms with Gasteiger partial charge >= 0.3 is 0 Å². The summed E-state index contributed by atoms with van der Waals surface area (Å²) in [4.78, 5) is 50.3. The number of amides is 4. The number of methoxy groups -OCH3 is 1. The molecule has 2 N–H and O–H groups in total. The van der Waals surface area contributed by atoms with E-state index in [1.54, 1.807) is 55.7 Å². The normalized spacial score (nSPS) is 14.5. The minimum Gasteiger partial charge on any atom is -0.497 e. The number of nitrogens with zero attached hydrogens (tertiary/aromatic N) is 1. The van der Waals surface area contributed by atoms with Crippen LogP contribution < -0.4 is 15.4 Å². The molecule has 0 radical (unpaired) electrons. The maximum atomic E-state index is 12.6. The molecule has 4 amide bonds. The largest absolute Gasteiger partial charge is 0.497 e. The molecule has 9 heteroatoms. The number of hydrogen-bond donors (Lipinski definition) is 2. The summed E-state index contributed by atoms with van der Waals surface area (Å²) in [6, 6.07) is 14.3. The van der Waals surface area contributed by atoms with Gasteiger partial charge in [-0.3, -0.25) is 24.1 Å². The Morgan fingerprint density at radius 2 is 1.82 bits per heavy atom. The van der Waals surface area contributed by atoms with Crippen molar-refractivity contribution in [2.45, 2.75) is 13.3 Å². The molecule has 1 saturated heterocycles. The lowest BCUT2D eigenvalue weighted by atomic mass is 10.1. The van der Waals surface area contributed by atoms with E-state index < -0.39 is 0 Å². The van der Waals surface area contributed by atoms with E-state index in [4.69, 9.17) is 4.74 Å². The standard InChI is InChI=1S/C24H25N3O5S/c1-16-4-3-5-18(14-16)22(29)26-11-10-21(28)25-12-13-27-23(30)20(33-24(27)31)15-17-6-8-19(32-2)9-7-17/h3-9,14-15H,10-13H2,1-2H3,(H,25,28)(H,26,29)/b20-15+. The summed E-state index contributed by atoms with van der Waals surface area (Å²) < 4.78 is 5.11. The summed E-state index contributed by atoms with van der Waals surface area (Å²) >= 11 is 0.868. The second-order valence-electron chi connectivity index (χ2n) is 7.33. The van der Waals surface area contributed by atoms with E-state index >= 15 is 0 Å². The zero-order chi connectivity index (χ0) is 23.8. The molecule has 0 saturated carbocycles. The molecule has 0 bridgehead atoms. The van der Waals surface area contributed by atoms with E-state index in [-0.39, 0.29) is 49.0 Å². The van der Waals surface area contributed by atoms with Crippen molar-refractivity contribution in [2.75, 3.05) is 26.7 Å². The van der Waals surface area contributed by atoms with E-state index in [0.717, 1.165) is 27.8 Å². The third-order valence-corrected chi connectivity index (χ3v) is 5.77. The Hall–Kier alpha value is -3.59. The first-order chi connectivity index (χ1) is 15.9. The summed E-state index contributed by atoms with van der Waals surface area (Å²) in [5.74, 6) is -0.209. The highest BCUT2D eigenvalue weighted by Gasteiger charge is 2.34. The van der Waals surface area contributed by atoms with Crippen LogP contribution in [0.25, 0.3) is 6.08 Å². The van der Waals surface area contributed by atoms with Crippen LogP contribution in [0.1, 0.15) is 27.9 Å². The molecule has 33 heavy (non-hydrogen) atoms. The summed E-state index contributed by atoms with van der Waals surface area (Å²) in [5.41, 5.74) is 2.30. The van der Waals surface area contributed by atoms with Gasteiger partial charge in [0.15, 0.2) is 0 Å². The maximum Gasteiger partial charge on any atom is 0.293 e. The van der Waals surface area contributed by atoms with Crippen molar-refractivity contribution in [1.82, 2.24) is 15.5 Å². The number of benzene rings is 2. The first-order valence-corrected chi connectivity index (χ1v) is 11.2. The Bertz CT molecular complexity index is 1080. The molecule has 0 aliphatic carbocycles. The quantitative estimate of drug-likeness (QED) is 0.550. The van der Waals surface area contributed by atoms with E-state index in [0.29, 0.717) is 16.2 Å². The number of imide groups is 1. The van der Waals surface area contributed by atoms with Crippen LogP contribution in [-0.2, 0) is 9.59 Å². The van der Waals surface area contributed by atoms with Crippen molar-refractivity contribution in [2.24, 2.45) is 0 Å². The molecule has 0 spiro atoms. The van der Waals surface area contributed by atoms with Crippen LogP contribution in [0.4, 0.5) is 4.79 Å². The fraction of sp³-hybridized carbons (Fsp3) is 0.250. The van der Waals surface area contributed by atoms with Crippen LogP contribution in [0.2, 0.25) is 0 Å². The van der Waals surface area contributed by atoms with Gasteiger partial charge in [0.05, 0.1) is 12.0 Å². The van der Waals surface area contributed by atoms with Crippen LogP contribution >= 0.6 is 11.8 Å². The topological polar surface area (TPSA) is 105 Å². The molecule has 8 nitrogen and oxygen atoms in total. The van der Waals surface area contributed by atoms with Crippen LogP contribution in [-0.4, -0.2) is 54.6 Å². The Kier molecular flexibility index (Phi) is 8.26. The van der Waals surface area contributed by atoms with Gasteiger partial charge in [-0.2, -0.15) is 0 Å². The average Bonchev–Trinajstić information content (AvgIpc) is 3.06. The number of nitrogens with one attached hydrogen (secondary N) is 2. The van der Waals surface area contributed by atoms with Gasteiger partial charge in [0, 0.05) is 31.6 Å². The second kappa shape index (κ2) is 11.3. The van der Waals surface area contributed by atoms with E-state index in [9.17, 15) is 19.2 Å². The van der Waals surface area contributed by atoms with Gasteiger partial charge in [-0.1, -0.05) is 29.8 Å². The highest BCUT2D eigenvalue weighted by molar-refractivity contribution is 8.18. The number of carbonyl (C=O) groups excluding carboxylic acids is 4. The molecular formula is C24H25N3O5S. The predicted molar refractivity (Wildman–Crippen MR) is 127 cm³/mol.